The normalized spacial score (nSPS) is 11.8. The van der Waals surface area contributed by atoms with Crippen LogP contribution in [-0.4, -0.2) is 34.3 Å². The molecule has 0 radical (unpaired) electrons. The van der Waals surface area contributed by atoms with Crippen LogP contribution in [-0.2, 0) is 19.3 Å². The van der Waals surface area contributed by atoms with Crippen molar-refractivity contribution in [2.24, 2.45) is 4.99 Å². The van der Waals surface area contributed by atoms with Crippen LogP contribution in [0.25, 0.3) is 0 Å². The second-order valence-electron chi connectivity index (χ2n) is 5.97. The number of hydrogen-bond donors (Lipinski definition) is 2. The molecule has 2 aromatic rings. The number of methoxy groups -OCH3 is 3. The summed E-state index contributed by atoms with van der Waals surface area (Å²) in [6.07, 6.45) is -4.38. The molecule has 0 unspecified atom stereocenters. The lowest BCUT2D eigenvalue weighted by atomic mass is 10.1. The first-order valence-electron chi connectivity index (χ1n) is 8.72. The summed E-state index contributed by atoms with van der Waals surface area (Å²) in [7, 11) is 6.16. The molecule has 0 bridgehead atoms. The van der Waals surface area contributed by atoms with E-state index in [0.717, 1.165) is 17.7 Å². The quantitative estimate of drug-likeness (QED) is 0.539. The van der Waals surface area contributed by atoms with Gasteiger partial charge in [0.25, 0.3) is 0 Å². The predicted molar refractivity (Wildman–Crippen MR) is 105 cm³/mol. The van der Waals surface area contributed by atoms with Crippen molar-refractivity contribution in [3.63, 3.8) is 0 Å². The summed E-state index contributed by atoms with van der Waals surface area (Å²) in [4.78, 5) is 4.10. The molecule has 0 aliphatic heterocycles. The van der Waals surface area contributed by atoms with Crippen molar-refractivity contribution in [1.29, 1.82) is 0 Å². The molecular weight excluding hydrogens is 387 g/mol. The molecule has 0 saturated heterocycles. The smallest absolute Gasteiger partial charge is 0.416 e. The number of hydrogen-bond acceptors (Lipinski definition) is 4. The van der Waals surface area contributed by atoms with Gasteiger partial charge in [-0.15, -0.1) is 0 Å². The number of benzene rings is 2. The maximum absolute atomic E-state index is 12.8. The Kier molecular flexibility index (Phi) is 7.58. The zero-order chi connectivity index (χ0) is 21.4. The summed E-state index contributed by atoms with van der Waals surface area (Å²) < 4.78 is 54.6. The molecule has 6 nitrogen and oxygen atoms in total. The second kappa shape index (κ2) is 9.90. The van der Waals surface area contributed by atoms with Gasteiger partial charge in [0.1, 0.15) is 0 Å². The van der Waals surface area contributed by atoms with Gasteiger partial charge >= 0.3 is 6.18 Å². The highest BCUT2D eigenvalue weighted by Gasteiger charge is 2.30. The van der Waals surface area contributed by atoms with Gasteiger partial charge in [0.2, 0.25) is 5.75 Å². The first kappa shape index (κ1) is 22.2. The van der Waals surface area contributed by atoms with Crippen molar-refractivity contribution >= 4 is 5.96 Å². The Bertz CT molecular complexity index is 855. The van der Waals surface area contributed by atoms with Gasteiger partial charge in [0.15, 0.2) is 17.5 Å². The Balaban J connectivity index is 2.05. The SMILES string of the molecule is CN=C(NCc1cccc(C(F)(F)F)c1)NCc1ccc(OC)c(OC)c1OC. The van der Waals surface area contributed by atoms with E-state index in [1.54, 1.807) is 19.2 Å². The zero-order valence-corrected chi connectivity index (χ0v) is 16.7. The standard InChI is InChI=1S/C20H24F3N3O3/c1-24-19(25-11-13-6-5-7-15(10-13)20(21,22)23)26-12-14-8-9-16(27-2)18(29-4)17(14)28-3/h5-10H,11-12H2,1-4H3,(H2,24,25,26). The van der Waals surface area contributed by atoms with E-state index in [-0.39, 0.29) is 6.54 Å². The number of alkyl halides is 3. The Morgan fingerprint density at radius 1 is 0.931 bits per heavy atom. The number of nitrogens with one attached hydrogen (secondary N) is 2. The maximum atomic E-state index is 12.8. The van der Waals surface area contributed by atoms with Crippen LogP contribution in [0.2, 0.25) is 0 Å². The highest BCUT2D eigenvalue weighted by atomic mass is 19.4. The fourth-order valence-electron chi connectivity index (χ4n) is 2.75. The van der Waals surface area contributed by atoms with Crippen LogP contribution >= 0.6 is 0 Å². The van der Waals surface area contributed by atoms with Gasteiger partial charge in [-0.3, -0.25) is 4.99 Å². The van der Waals surface area contributed by atoms with Crippen molar-refractivity contribution in [2.45, 2.75) is 19.3 Å². The Hall–Kier alpha value is -3.10. The third-order valence-corrected chi connectivity index (χ3v) is 4.17. The molecule has 0 spiro atoms. The largest absolute Gasteiger partial charge is 0.493 e. The Morgan fingerprint density at radius 2 is 1.62 bits per heavy atom. The van der Waals surface area contributed by atoms with Crippen LogP contribution in [0.15, 0.2) is 41.4 Å². The average molecular weight is 411 g/mol. The van der Waals surface area contributed by atoms with Crippen molar-refractivity contribution in [1.82, 2.24) is 10.6 Å². The molecule has 29 heavy (non-hydrogen) atoms. The highest BCUT2D eigenvalue weighted by Crippen LogP contribution is 2.39. The van der Waals surface area contributed by atoms with Gasteiger partial charge in [0, 0.05) is 25.7 Å². The fraction of sp³-hybridized carbons (Fsp3) is 0.350. The number of guanidine groups is 1. The van der Waals surface area contributed by atoms with Crippen molar-refractivity contribution in [2.75, 3.05) is 28.4 Å². The molecule has 2 aromatic carbocycles. The third-order valence-electron chi connectivity index (χ3n) is 4.17. The van der Waals surface area contributed by atoms with Gasteiger partial charge in [-0.25, -0.2) is 0 Å². The molecule has 0 aromatic heterocycles. The molecule has 158 valence electrons. The van der Waals surface area contributed by atoms with Crippen molar-refractivity contribution in [3.8, 4) is 17.2 Å². The first-order chi connectivity index (χ1) is 13.8. The summed E-state index contributed by atoms with van der Waals surface area (Å²) in [6, 6.07) is 8.74. The summed E-state index contributed by atoms with van der Waals surface area (Å²) >= 11 is 0. The van der Waals surface area contributed by atoms with E-state index in [9.17, 15) is 13.2 Å². The van der Waals surface area contributed by atoms with E-state index < -0.39 is 11.7 Å². The monoisotopic (exact) mass is 411 g/mol. The molecule has 0 amide bonds. The lowest BCUT2D eigenvalue weighted by Gasteiger charge is -2.17. The fourth-order valence-corrected chi connectivity index (χ4v) is 2.75. The van der Waals surface area contributed by atoms with Crippen LogP contribution in [0.3, 0.4) is 0 Å². The van der Waals surface area contributed by atoms with Gasteiger partial charge in [-0.1, -0.05) is 12.1 Å². The molecule has 0 aliphatic carbocycles. The van der Waals surface area contributed by atoms with Crippen LogP contribution in [0.5, 0.6) is 17.2 Å². The summed E-state index contributed by atoms with van der Waals surface area (Å²) in [6.45, 7) is 0.540. The number of ether oxygens (including phenoxy) is 3. The van der Waals surface area contributed by atoms with E-state index in [1.807, 2.05) is 6.07 Å². The Morgan fingerprint density at radius 3 is 2.21 bits per heavy atom. The topological polar surface area (TPSA) is 64.1 Å². The molecule has 9 heteroatoms. The second-order valence-corrected chi connectivity index (χ2v) is 5.97. The zero-order valence-electron chi connectivity index (χ0n) is 16.7. The van der Waals surface area contributed by atoms with Crippen LogP contribution in [0, 0.1) is 0 Å². The van der Waals surface area contributed by atoms with Crippen LogP contribution < -0.4 is 24.8 Å². The van der Waals surface area contributed by atoms with E-state index in [1.165, 1.54) is 27.4 Å². The van der Waals surface area contributed by atoms with E-state index >= 15 is 0 Å². The van der Waals surface area contributed by atoms with Gasteiger partial charge < -0.3 is 24.8 Å². The van der Waals surface area contributed by atoms with E-state index in [0.29, 0.717) is 35.3 Å². The lowest BCUT2D eigenvalue weighted by Crippen LogP contribution is -2.36. The van der Waals surface area contributed by atoms with Crippen LogP contribution in [0.1, 0.15) is 16.7 Å². The molecule has 0 aliphatic rings. The minimum absolute atomic E-state index is 0.187. The Labute approximate surface area is 167 Å². The minimum atomic E-state index is -4.38. The maximum Gasteiger partial charge on any atom is 0.416 e. The molecule has 0 saturated carbocycles. The average Bonchev–Trinajstić information content (AvgIpc) is 2.72. The van der Waals surface area contributed by atoms with Gasteiger partial charge in [0.05, 0.1) is 26.9 Å². The van der Waals surface area contributed by atoms with E-state index in [2.05, 4.69) is 15.6 Å². The van der Waals surface area contributed by atoms with Crippen molar-refractivity contribution < 1.29 is 27.4 Å². The summed E-state index contributed by atoms with van der Waals surface area (Å²) in [5, 5.41) is 6.10. The predicted octanol–water partition coefficient (Wildman–Crippen LogP) is 3.60. The van der Waals surface area contributed by atoms with Crippen molar-refractivity contribution in [3.05, 3.63) is 53.1 Å². The molecule has 0 heterocycles. The number of aliphatic imine (C=N–C) groups is 1. The molecule has 0 atom stereocenters. The molecule has 2 N–H and O–H groups in total. The van der Waals surface area contributed by atoms with E-state index in [4.69, 9.17) is 14.2 Å². The minimum Gasteiger partial charge on any atom is -0.493 e. The third kappa shape index (κ3) is 5.69. The van der Waals surface area contributed by atoms with Crippen LogP contribution in [0.4, 0.5) is 13.2 Å². The van der Waals surface area contributed by atoms with Gasteiger partial charge in [-0.2, -0.15) is 13.2 Å². The highest BCUT2D eigenvalue weighted by molar-refractivity contribution is 5.79. The number of halogens is 3. The molecule has 0 fully saturated rings. The van der Waals surface area contributed by atoms with Gasteiger partial charge in [-0.05, 0) is 29.8 Å². The molecule has 2 rings (SSSR count). The number of rotatable bonds is 7. The summed E-state index contributed by atoms with van der Waals surface area (Å²) in [5.74, 6) is 1.97. The molecular formula is C20H24F3N3O3. The lowest BCUT2D eigenvalue weighted by molar-refractivity contribution is -0.137. The summed E-state index contributed by atoms with van der Waals surface area (Å²) in [5.41, 5.74) is 0.605. The number of nitrogens with zero attached hydrogens (tertiary/aromatic N) is 1. The first-order valence-corrected chi connectivity index (χ1v) is 8.72.